The molecule has 19 heavy (non-hydrogen) atoms. The number of ketones is 1. The summed E-state index contributed by atoms with van der Waals surface area (Å²) in [6.07, 6.45) is 8.81. The molecule has 1 atom stereocenters. The smallest absolute Gasteiger partial charge is 0.210 e. The zero-order valence-electron chi connectivity index (χ0n) is 11.6. The number of hydrogen-bond donors (Lipinski definition) is 0. The first kappa shape index (κ1) is 14.3. The van der Waals surface area contributed by atoms with Crippen LogP contribution in [0.5, 0.6) is 0 Å². The van der Waals surface area contributed by atoms with Gasteiger partial charge in [-0.05, 0) is 31.2 Å². The van der Waals surface area contributed by atoms with E-state index in [2.05, 4.69) is 30.2 Å². The van der Waals surface area contributed by atoms with Crippen molar-refractivity contribution >= 4 is 17.5 Å². The van der Waals surface area contributed by atoms with Gasteiger partial charge >= 0.3 is 0 Å². The fraction of sp³-hybridized carbons (Fsp3) is 0.533. The molecule has 0 amide bonds. The second kappa shape index (κ2) is 6.85. The molecule has 0 radical (unpaired) electrons. The van der Waals surface area contributed by atoms with Crippen molar-refractivity contribution in [3.8, 4) is 0 Å². The van der Waals surface area contributed by atoms with Crippen LogP contribution in [-0.4, -0.2) is 35.6 Å². The van der Waals surface area contributed by atoms with Crippen LogP contribution in [0.2, 0.25) is 0 Å². The van der Waals surface area contributed by atoms with Gasteiger partial charge in [0.25, 0.3) is 0 Å². The van der Waals surface area contributed by atoms with Crippen molar-refractivity contribution in [1.29, 1.82) is 0 Å². The largest absolute Gasteiger partial charge is 0.485 e. The summed E-state index contributed by atoms with van der Waals surface area (Å²) in [5.41, 5.74) is 1.14. The van der Waals surface area contributed by atoms with E-state index in [-0.39, 0.29) is 11.0 Å². The van der Waals surface area contributed by atoms with Crippen molar-refractivity contribution in [2.24, 2.45) is 0 Å². The van der Waals surface area contributed by atoms with Gasteiger partial charge in [-0.3, -0.25) is 4.79 Å². The quantitative estimate of drug-likeness (QED) is 0.747. The number of thioether (sulfide) groups is 1. The molecule has 0 N–H and O–H groups in total. The monoisotopic (exact) mass is 279 g/mol. The highest BCUT2D eigenvalue weighted by atomic mass is 32.2. The molecular weight excluding hydrogens is 258 g/mol. The summed E-state index contributed by atoms with van der Waals surface area (Å²) in [5, 5.41) is 1.84. The maximum Gasteiger partial charge on any atom is 0.210 e. The third kappa shape index (κ3) is 3.90. The average molecular weight is 279 g/mol. The van der Waals surface area contributed by atoms with E-state index in [1.807, 2.05) is 12.3 Å². The fourth-order valence-electron chi connectivity index (χ4n) is 1.95. The third-order valence-corrected chi connectivity index (χ3v) is 4.24. The van der Waals surface area contributed by atoms with Crippen molar-refractivity contribution in [2.45, 2.75) is 31.9 Å². The van der Waals surface area contributed by atoms with Gasteiger partial charge in [-0.1, -0.05) is 19.4 Å². The lowest BCUT2D eigenvalue weighted by Crippen LogP contribution is -2.22. The summed E-state index contributed by atoms with van der Waals surface area (Å²) in [4.78, 5) is 14.0. The number of hydrogen-bond acceptors (Lipinski definition) is 4. The molecule has 104 valence electrons. The molecule has 3 nitrogen and oxygen atoms in total. The molecule has 4 heteroatoms. The highest BCUT2D eigenvalue weighted by molar-refractivity contribution is 8.03. The van der Waals surface area contributed by atoms with E-state index in [0.717, 1.165) is 18.7 Å². The predicted molar refractivity (Wildman–Crippen MR) is 79.8 cm³/mol. The van der Waals surface area contributed by atoms with E-state index in [0.29, 0.717) is 12.4 Å². The SMILES string of the molecule is CCCCN1C=CC(COC2=CSC(C)C2=O)=CC1. The Morgan fingerprint density at radius 3 is 2.95 bits per heavy atom. The summed E-state index contributed by atoms with van der Waals surface area (Å²) in [6.45, 7) is 6.64. The number of ether oxygens (including phenoxy) is 1. The number of unbranched alkanes of at least 4 members (excludes halogenated alkanes) is 1. The van der Waals surface area contributed by atoms with E-state index in [1.54, 1.807) is 0 Å². The van der Waals surface area contributed by atoms with Gasteiger partial charge in [0.05, 0.1) is 5.25 Å². The van der Waals surface area contributed by atoms with Gasteiger partial charge in [0.2, 0.25) is 5.78 Å². The Kier molecular flexibility index (Phi) is 5.14. The minimum absolute atomic E-state index is 0.00964. The number of carbonyl (C=O) groups excluding carboxylic acids is 1. The molecule has 1 unspecified atom stereocenters. The van der Waals surface area contributed by atoms with E-state index < -0.39 is 0 Å². The Labute approximate surface area is 119 Å². The first-order valence-corrected chi connectivity index (χ1v) is 7.79. The van der Waals surface area contributed by atoms with Crippen LogP contribution in [-0.2, 0) is 9.53 Å². The van der Waals surface area contributed by atoms with E-state index in [4.69, 9.17) is 4.74 Å². The molecule has 0 bridgehead atoms. The molecule has 2 aliphatic heterocycles. The Bertz CT molecular complexity index is 426. The number of allylic oxidation sites excluding steroid dienone is 1. The number of Topliss-reactive ketones (excluding diaryl/α,β-unsaturated/α-hetero) is 1. The Balaban J connectivity index is 1.75. The second-order valence-corrected chi connectivity index (χ2v) is 6.07. The van der Waals surface area contributed by atoms with Crippen molar-refractivity contribution in [3.63, 3.8) is 0 Å². The lowest BCUT2D eigenvalue weighted by molar-refractivity contribution is -0.117. The van der Waals surface area contributed by atoms with Crippen LogP contribution in [0.1, 0.15) is 26.7 Å². The first-order chi connectivity index (χ1) is 9.20. The van der Waals surface area contributed by atoms with Crippen LogP contribution in [0, 0.1) is 0 Å². The lowest BCUT2D eigenvalue weighted by atomic mass is 10.2. The van der Waals surface area contributed by atoms with Gasteiger partial charge in [0.1, 0.15) is 6.61 Å². The van der Waals surface area contributed by atoms with Crippen LogP contribution < -0.4 is 0 Å². The average Bonchev–Trinajstić information content (AvgIpc) is 2.75. The summed E-state index contributed by atoms with van der Waals surface area (Å²) in [5.74, 6) is 0.621. The fourth-order valence-corrected chi connectivity index (χ4v) is 2.70. The highest BCUT2D eigenvalue weighted by Gasteiger charge is 2.25. The molecule has 2 rings (SSSR count). The molecule has 0 spiro atoms. The van der Waals surface area contributed by atoms with Crippen molar-refractivity contribution in [3.05, 3.63) is 35.1 Å². The molecule has 2 aliphatic rings. The molecule has 0 fully saturated rings. The summed E-state index contributed by atoms with van der Waals surface area (Å²) >= 11 is 1.53. The molecular formula is C15H21NO2S. The van der Waals surface area contributed by atoms with Crippen LogP contribution >= 0.6 is 11.8 Å². The molecule has 0 aliphatic carbocycles. The van der Waals surface area contributed by atoms with Crippen LogP contribution in [0.4, 0.5) is 0 Å². The Hall–Kier alpha value is -1.16. The third-order valence-electron chi connectivity index (χ3n) is 3.27. The van der Waals surface area contributed by atoms with Crippen LogP contribution in [0.3, 0.4) is 0 Å². The number of nitrogens with zero attached hydrogens (tertiary/aromatic N) is 1. The lowest BCUT2D eigenvalue weighted by Gasteiger charge is -2.22. The van der Waals surface area contributed by atoms with Crippen LogP contribution in [0.25, 0.3) is 0 Å². The van der Waals surface area contributed by atoms with Gasteiger partial charge in [-0.15, -0.1) is 11.8 Å². The first-order valence-electron chi connectivity index (χ1n) is 6.84. The molecule has 0 aromatic heterocycles. The van der Waals surface area contributed by atoms with Crippen LogP contribution in [0.15, 0.2) is 35.1 Å². The minimum atomic E-state index is 0.00964. The molecule has 0 aromatic carbocycles. The maximum atomic E-state index is 11.7. The summed E-state index contributed by atoms with van der Waals surface area (Å²) in [6, 6.07) is 0. The predicted octanol–water partition coefficient (Wildman–Crippen LogP) is 3.10. The van der Waals surface area contributed by atoms with Crippen molar-refractivity contribution < 1.29 is 9.53 Å². The second-order valence-electron chi connectivity index (χ2n) is 4.86. The Morgan fingerprint density at radius 2 is 2.37 bits per heavy atom. The summed E-state index contributed by atoms with van der Waals surface area (Å²) < 4.78 is 5.59. The van der Waals surface area contributed by atoms with Gasteiger partial charge in [-0.2, -0.15) is 0 Å². The van der Waals surface area contributed by atoms with E-state index in [9.17, 15) is 4.79 Å². The molecule has 0 saturated heterocycles. The van der Waals surface area contributed by atoms with Gasteiger partial charge < -0.3 is 9.64 Å². The van der Waals surface area contributed by atoms with Gasteiger partial charge in [0, 0.05) is 18.5 Å². The Morgan fingerprint density at radius 1 is 1.53 bits per heavy atom. The number of carbonyl (C=O) groups is 1. The molecule has 0 saturated carbocycles. The molecule has 2 heterocycles. The van der Waals surface area contributed by atoms with E-state index >= 15 is 0 Å². The maximum absolute atomic E-state index is 11.7. The standard InChI is InChI=1S/C15H21NO2S/c1-3-4-7-16-8-5-13(6-9-16)10-18-14-11-19-12(2)15(14)17/h5-6,8,11-12H,3-4,7,9-10H2,1-2H3. The van der Waals surface area contributed by atoms with Crippen molar-refractivity contribution in [1.82, 2.24) is 4.90 Å². The highest BCUT2D eigenvalue weighted by Crippen LogP contribution is 2.27. The van der Waals surface area contributed by atoms with E-state index in [1.165, 1.54) is 24.6 Å². The zero-order chi connectivity index (χ0) is 13.7. The van der Waals surface area contributed by atoms with Gasteiger partial charge in [0.15, 0.2) is 5.76 Å². The minimum Gasteiger partial charge on any atom is -0.485 e. The summed E-state index contributed by atoms with van der Waals surface area (Å²) in [7, 11) is 0. The normalized spacial score (nSPS) is 22.5. The topological polar surface area (TPSA) is 29.5 Å². The molecule has 0 aromatic rings. The van der Waals surface area contributed by atoms with Crippen molar-refractivity contribution in [2.75, 3.05) is 19.7 Å². The van der Waals surface area contributed by atoms with Gasteiger partial charge in [-0.25, -0.2) is 0 Å². The zero-order valence-corrected chi connectivity index (χ0v) is 12.4. The number of rotatable bonds is 6.